The molecule has 1 saturated heterocycles. The number of hydrogen-bond donors (Lipinski definition) is 0. The topological polar surface area (TPSA) is 46.6 Å². The van der Waals surface area contributed by atoms with E-state index in [9.17, 15) is 9.59 Å². The number of imide groups is 1. The summed E-state index contributed by atoms with van der Waals surface area (Å²) in [4.78, 5) is 25.7. The number of likely N-dealkylation sites (tertiary alicyclic amines) is 1. The third kappa shape index (κ3) is 3.38. The molecule has 0 N–H and O–H groups in total. The average molecular weight is 275 g/mol. The summed E-state index contributed by atoms with van der Waals surface area (Å²) in [6.45, 7) is 5.41. The maximum Gasteiger partial charge on any atom is 0.417 e. The number of ether oxygens (including phenoxy) is 1. The van der Waals surface area contributed by atoms with Crippen molar-refractivity contribution in [2.45, 2.75) is 51.7 Å². The monoisotopic (exact) mass is 275 g/mol. The number of piperidine rings is 1. The van der Waals surface area contributed by atoms with Crippen molar-refractivity contribution in [2.24, 2.45) is 0 Å². The normalized spacial score (nSPS) is 19.9. The maximum absolute atomic E-state index is 12.3. The summed E-state index contributed by atoms with van der Waals surface area (Å²) in [6.07, 6.45) is 1.45. The molecule has 108 valence electrons. The molecule has 4 nitrogen and oxygen atoms in total. The van der Waals surface area contributed by atoms with Gasteiger partial charge in [0.25, 0.3) is 0 Å². The molecule has 20 heavy (non-hydrogen) atoms. The molecule has 1 heterocycles. The average Bonchev–Trinajstić information content (AvgIpc) is 2.37. The Bertz CT molecular complexity index is 490. The lowest BCUT2D eigenvalue weighted by molar-refractivity contribution is -0.135. The third-order valence-electron chi connectivity index (χ3n) is 3.22. The van der Waals surface area contributed by atoms with Crippen molar-refractivity contribution >= 4 is 12.0 Å². The smallest absolute Gasteiger partial charge is 0.417 e. The Balaban J connectivity index is 2.25. The Morgan fingerprint density at radius 3 is 2.50 bits per heavy atom. The zero-order valence-electron chi connectivity index (χ0n) is 12.3. The van der Waals surface area contributed by atoms with E-state index in [0.29, 0.717) is 6.42 Å². The van der Waals surface area contributed by atoms with Crippen molar-refractivity contribution in [1.82, 2.24) is 4.90 Å². The summed E-state index contributed by atoms with van der Waals surface area (Å²) in [5.74, 6) is -0.153. The first-order chi connectivity index (χ1) is 9.38. The van der Waals surface area contributed by atoms with Crippen LogP contribution in [0, 0.1) is 0 Å². The van der Waals surface area contributed by atoms with Gasteiger partial charge in [0.1, 0.15) is 5.60 Å². The minimum Gasteiger partial charge on any atom is -0.443 e. The van der Waals surface area contributed by atoms with Gasteiger partial charge >= 0.3 is 6.09 Å². The van der Waals surface area contributed by atoms with E-state index in [4.69, 9.17) is 4.74 Å². The molecule has 0 saturated carbocycles. The van der Waals surface area contributed by atoms with Gasteiger partial charge in [0.2, 0.25) is 5.91 Å². The third-order valence-corrected chi connectivity index (χ3v) is 3.22. The van der Waals surface area contributed by atoms with Crippen LogP contribution in [0.4, 0.5) is 4.79 Å². The van der Waals surface area contributed by atoms with Crippen molar-refractivity contribution in [1.29, 1.82) is 0 Å². The number of rotatable bonds is 1. The molecule has 1 aromatic rings. The number of carbonyl (C=O) groups is 2. The van der Waals surface area contributed by atoms with Gasteiger partial charge in [-0.2, -0.15) is 0 Å². The lowest BCUT2D eigenvalue weighted by atomic mass is 9.95. The van der Waals surface area contributed by atoms with Crippen LogP contribution >= 0.6 is 0 Å². The van der Waals surface area contributed by atoms with Crippen molar-refractivity contribution in [3.8, 4) is 0 Å². The fourth-order valence-corrected chi connectivity index (χ4v) is 2.40. The highest BCUT2D eigenvalue weighted by molar-refractivity contribution is 5.93. The van der Waals surface area contributed by atoms with E-state index >= 15 is 0 Å². The Hall–Kier alpha value is -1.84. The molecular weight excluding hydrogens is 254 g/mol. The van der Waals surface area contributed by atoms with Gasteiger partial charge in [-0.1, -0.05) is 30.3 Å². The second kappa shape index (κ2) is 5.65. The largest absolute Gasteiger partial charge is 0.443 e. The predicted octanol–water partition coefficient (Wildman–Crippen LogP) is 3.68. The van der Waals surface area contributed by atoms with Crippen molar-refractivity contribution in [2.75, 3.05) is 0 Å². The molecule has 0 radical (unpaired) electrons. The van der Waals surface area contributed by atoms with Crippen LogP contribution in [0.2, 0.25) is 0 Å². The molecular formula is C16H21NO3. The number of amides is 2. The molecule has 1 aliphatic rings. The highest BCUT2D eigenvalue weighted by Gasteiger charge is 2.36. The van der Waals surface area contributed by atoms with E-state index < -0.39 is 11.7 Å². The molecule has 0 bridgehead atoms. The van der Waals surface area contributed by atoms with Gasteiger partial charge in [-0.05, 0) is 39.2 Å². The van der Waals surface area contributed by atoms with Crippen LogP contribution in [0.5, 0.6) is 0 Å². The molecule has 2 rings (SSSR count). The highest BCUT2D eigenvalue weighted by atomic mass is 16.6. The van der Waals surface area contributed by atoms with Gasteiger partial charge in [0.15, 0.2) is 0 Å². The Morgan fingerprint density at radius 1 is 1.25 bits per heavy atom. The van der Waals surface area contributed by atoms with Gasteiger partial charge in [-0.25, -0.2) is 9.69 Å². The lowest BCUT2D eigenvalue weighted by Gasteiger charge is -2.35. The summed E-state index contributed by atoms with van der Waals surface area (Å²) in [7, 11) is 0. The molecule has 4 heteroatoms. The van der Waals surface area contributed by atoms with Gasteiger partial charge in [0, 0.05) is 6.42 Å². The summed E-state index contributed by atoms with van der Waals surface area (Å²) < 4.78 is 5.37. The van der Waals surface area contributed by atoms with Crippen molar-refractivity contribution in [3.05, 3.63) is 35.9 Å². The lowest BCUT2D eigenvalue weighted by Crippen LogP contribution is -2.45. The maximum atomic E-state index is 12.3. The number of benzene rings is 1. The molecule has 0 spiro atoms. The SMILES string of the molecule is CC(C)(C)OC(=O)N1C(=O)CCC[C@@H]1c1ccccc1. The minimum atomic E-state index is -0.601. The second-order valence-electron chi connectivity index (χ2n) is 6.06. The molecule has 1 aromatic carbocycles. The number of nitrogens with zero attached hydrogens (tertiary/aromatic N) is 1. The van der Waals surface area contributed by atoms with Crippen molar-refractivity contribution in [3.63, 3.8) is 0 Å². The Labute approximate surface area is 119 Å². The van der Waals surface area contributed by atoms with E-state index in [2.05, 4.69) is 0 Å². The first-order valence-corrected chi connectivity index (χ1v) is 6.98. The number of carbonyl (C=O) groups excluding carboxylic acids is 2. The van der Waals surface area contributed by atoms with Crippen LogP contribution < -0.4 is 0 Å². The first kappa shape index (κ1) is 14.6. The van der Waals surface area contributed by atoms with E-state index in [1.165, 1.54) is 4.90 Å². The summed E-state index contributed by atoms with van der Waals surface area (Å²) in [5.41, 5.74) is 0.377. The fraction of sp³-hybridized carbons (Fsp3) is 0.500. The molecule has 0 unspecified atom stereocenters. The molecule has 0 aliphatic carbocycles. The van der Waals surface area contributed by atoms with Crippen LogP contribution in [0.3, 0.4) is 0 Å². The summed E-state index contributed by atoms with van der Waals surface area (Å²) in [5, 5.41) is 0. The molecule has 1 fully saturated rings. The van der Waals surface area contributed by atoms with E-state index in [1.54, 1.807) is 20.8 Å². The quantitative estimate of drug-likeness (QED) is 0.785. The van der Waals surface area contributed by atoms with E-state index in [1.807, 2.05) is 30.3 Å². The summed E-state index contributed by atoms with van der Waals surface area (Å²) in [6, 6.07) is 9.43. The van der Waals surface area contributed by atoms with E-state index in [-0.39, 0.29) is 11.9 Å². The molecule has 1 atom stereocenters. The molecule has 2 amide bonds. The number of hydrogen-bond acceptors (Lipinski definition) is 3. The molecule has 1 aliphatic heterocycles. The van der Waals surface area contributed by atoms with Crippen LogP contribution in [-0.4, -0.2) is 22.5 Å². The van der Waals surface area contributed by atoms with Gasteiger partial charge in [0.05, 0.1) is 6.04 Å². The summed E-state index contributed by atoms with van der Waals surface area (Å²) >= 11 is 0. The fourth-order valence-electron chi connectivity index (χ4n) is 2.40. The van der Waals surface area contributed by atoms with Gasteiger partial charge in [-0.3, -0.25) is 4.79 Å². The Morgan fingerprint density at radius 2 is 1.90 bits per heavy atom. The van der Waals surface area contributed by atoms with Crippen LogP contribution in [0.1, 0.15) is 51.6 Å². The minimum absolute atomic E-state index is 0.153. The van der Waals surface area contributed by atoms with Crippen LogP contribution in [0.15, 0.2) is 30.3 Å². The van der Waals surface area contributed by atoms with Crippen molar-refractivity contribution < 1.29 is 14.3 Å². The zero-order chi connectivity index (χ0) is 14.8. The van der Waals surface area contributed by atoms with E-state index in [0.717, 1.165) is 18.4 Å². The Kier molecular flexibility index (Phi) is 4.12. The molecule has 0 aromatic heterocycles. The van der Waals surface area contributed by atoms with Gasteiger partial charge in [-0.15, -0.1) is 0 Å². The first-order valence-electron chi connectivity index (χ1n) is 6.98. The second-order valence-corrected chi connectivity index (χ2v) is 6.06. The zero-order valence-corrected chi connectivity index (χ0v) is 12.3. The highest BCUT2D eigenvalue weighted by Crippen LogP contribution is 2.32. The van der Waals surface area contributed by atoms with Crippen LogP contribution in [0.25, 0.3) is 0 Å². The predicted molar refractivity (Wildman–Crippen MR) is 76.1 cm³/mol. The van der Waals surface area contributed by atoms with Crippen LogP contribution in [-0.2, 0) is 9.53 Å². The van der Waals surface area contributed by atoms with Gasteiger partial charge < -0.3 is 4.74 Å². The standard InChI is InChI=1S/C16H21NO3/c1-16(2,3)20-15(19)17-13(10-7-11-14(17)18)12-8-5-4-6-9-12/h4-6,8-9,13H,7,10-11H2,1-3H3/t13-/m1/s1.